The van der Waals surface area contributed by atoms with Crippen LogP contribution in [0.2, 0.25) is 0 Å². The van der Waals surface area contributed by atoms with Crippen LogP contribution < -0.4 is 0 Å². The Morgan fingerprint density at radius 1 is 1.36 bits per heavy atom. The molecule has 0 bridgehead atoms. The maximum absolute atomic E-state index is 2.62. The molecule has 0 amide bonds. The van der Waals surface area contributed by atoms with Crippen LogP contribution in [-0.4, -0.2) is 50.1 Å². The van der Waals surface area contributed by atoms with Crippen LogP contribution in [0.3, 0.4) is 0 Å². The summed E-state index contributed by atoms with van der Waals surface area (Å²) in [5.41, 5.74) is 0. The molecule has 1 aliphatic heterocycles. The summed E-state index contributed by atoms with van der Waals surface area (Å²) < 4.78 is 0. The summed E-state index contributed by atoms with van der Waals surface area (Å²) in [7, 11) is 4.31. The summed E-state index contributed by atoms with van der Waals surface area (Å²) in [4.78, 5) is 4.89. The largest absolute Gasteiger partial charge is 0.308 e. The summed E-state index contributed by atoms with van der Waals surface area (Å²) in [5, 5.41) is 0. The van der Waals surface area contributed by atoms with Crippen molar-refractivity contribution in [2.24, 2.45) is 11.8 Å². The van der Waals surface area contributed by atoms with Crippen LogP contribution in [0.1, 0.15) is 26.7 Å². The lowest BCUT2D eigenvalue weighted by Gasteiger charge is -2.19. The number of hydrogen-bond donors (Lipinski definition) is 0. The number of likely N-dealkylation sites (tertiary alicyclic amines) is 1. The predicted octanol–water partition coefficient (Wildman–Crippen LogP) is 1.92. The smallest absolute Gasteiger partial charge is 0.0109 e. The van der Waals surface area contributed by atoms with Crippen LogP contribution in [0.15, 0.2) is 0 Å². The Balaban J connectivity index is 2.14. The maximum Gasteiger partial charge on any atom is 0.0109 e. The molecule has 1 rings (SSSR count). The van der Waals surface area contributed by atoms with Gasteiger partial charge in [0.2, 0.25) is 0 Å². The summed E-state index contributed by atoms with van der Waals surface area (Å²) in [5.74, 6) is 1.84. The fourth-order valence-electron chi connectivity index (χ4n) is 2.32. The highest BCUT2D eigenvalue weighted by Gasteiger charge is 2.22. The molecule has 0 N–H and O–H groups in total. The van der Waals surface area contributed by atoms with Crippen molar-refractivity contribution in [2.45, 2.75) is 26.7 Å². The topological polar surface area (TPSA) is 6.48 Å². The molecule has 1 fully saturated rings. The first-order valence-corrected chi connectivity index (χ1v) is 5.95. The maximum atomic E-state index is 2.62. The predicted molar refractivity (Wildman–Crippen MR) is 62.6 cm³/mol. The van der Waals surface area contributed by atoms with Gasteiger partial charge in [0.1, 0.15) is 0 Å². The number of nitrogens with zero attached hydrogens (tertiary/aromatic N) is 2. The summed E-state index contributed by atoms with van der Waals surface area (Å²) in [6, 6.07) is 0. The normalized spacial score (nSPS) is 24.0. The molecule has 0 aliphatic carbocycles. The van der Waals surface area contributed by atoms with Gasteiger partial charge in [-0.25, -0.2) is 0 Å². The van der Waals surface area contributed by atoms with E-state index in [2.05, 4.69) is 37.7 Å². The fourth-order valence-corrected chi connectivity index (χ4v) is 2.32. The Morgan fingerprint density at radius 2 is 2.07 bits per heavy atom. The average molecular weight is 198 g/mol. The molecule has 0 saturated carbocycles. The molecule has 1 atom stereocenters. The molecule has 0 aromatic rings. The quantitative estimate of drug-likeness (QED) is 0.666. The first kappa shape index (κ1) is 12.0. The molecule has 0 spiro atoms. The van der Waals surface area contributed by atoms with Crippen LogP contribution >= 0.6 is 0 Å². The lowest BCUT2D eigenvalue weighted by Crippen LogP contribution is -2.30. The van der Waals surface area contributed by atoms with E-state index in [1.165, 1.54) is 39.0 Å². The monoisotopic (exact) mass is 198 g/mol. The molecule has 1 heterocycles. The second-order valence-electron chi connectivity index (χ2n) is 5.39. The second-order valence-corrected chi connectivity index (χ2v) is 5.39. The van der Waals surface area contributed by atoms with Gasteiger partial charge >= 0.3 is 0 Å². The Hall–Kier alpha value is -0.0800. The van der Waals surface area contributed by atoms with Gasteiger partial charge in [-0.1, -0.05) is 13.8 Å². The van der Waals surface area contributed by atoms with Crippen molar-refractivity contribution in [2.75, 3.05) is 40.3 Å². The van der Waals surface area contributed by atoms with Crippen LogP contribution in [0.25, 0.3) is 0 Å². The minimum atomic E-state index is 0.869. The van der Waals surface area contributed by atoms with E-state index in [1.807, 2.05) is 0 Å². The summed E-state index contributed by atoms with van der Waals surface area (Å²) in [6.07, 6.45) is 2.84. The molecular weight excluding hydrogens is 172 g/mol. The van der Waals surface area contributed by atoms with Crippen molar-refractivity contribution in [3.63, 3.8) is 0 Å². The van der Waals surface area contributed by atoms with E-state index in [0.29, 0.717) is 0 Å². The van der Waals surface area contributed by atoms with Gasteiger partial charge in [0.05, 0.1) is 0 Å². The Morgan fingerprint density at radius 3 is 2.64 bits per heavy atom. The van der Waals surface area contributed by atoms with Gasteiger partial charge in [-0.05, 0) is 45.3 Å². The molecule has 1 saturated heterocycles. The van der Waals surface area contributed by atoms with E-state index < -0.39 is 0 Å². The number of hydrogen-bond acceptors (Lipinski definition) is 2. The van der Waals surface area contributed by atoms with Crippen molar-refractivity contribution in [1.82, 2.24) is 9.80 Å². The van der Waals surface area contributed by atoms with Gasteiger partial charge in [0.25, 0.3) is 0 Å². The van der Waals surface area contributed by atoms with Crippen molar-refractivity contribution >= 4 is 0 Å². The van der Waals surface area contributed by atoms with Gasteiger partial charge < -0.3 is 9.80 Å². The third-order valence-corrected chi connectivity index (χ3v) is 3.04. The Bertz CT molecular complexity index is 154. The van der Waals surface area contributed by atoms with E-state index in [-0.39, 0.29) is 0 Å². The van der Waals surface area contributed by atoms with E-state index in [4.69, 9.17) is 0 Å². The molecule has 0 aromatic heterocycles. The third-order valence-electron chi connectivity index (χ3n) is 3.04. The SMILES string of the molecule is CC(C)CC1CCN(CCN(C)C)C1. The van der Waals surface area contributed by atoms with Gasteiger partial charge in [-0.3, -0.25) is 0 Å². The fraction of sp³-hybridized carbons (Fsp3) is 1.00. The molecule has 2 heteroatoms. The molecule has 0 aromatic carbocycles. The number of rotatable bonds is 5. The van der Waals surface area contributed by atoms with E-state index >= 15 is 0 Å². The zero-order valence-corrected chi connectivity index (χ0v) is 10.3. The second kappa shape index (κ2) is 5.72. The minimum Gasteiger partial charge on any atom is -0.308 e. The first-order valence-electron chi connectivity index (χ1n) is 5.95. The van der Waals surface area contributed by atoms with Crippen molar-refractivity contribution in [3.05, 3.63) is 0 Å². The lowest BCUT2D eigenvalue weighted by atomic mass is 9.97. The Kier molecular flexibility index (Phi) is 4.90. The van der Waals surface area contributed by atoms with Crippen molar-refractivity contribution in [1.29, 1.82) is 0 Å². The van der Waals surface area contributed by atoms with Crippen LogP contribution in [0.4, 0.5) is 0 Å². The molecule has 14 heavy (non-hydrogen) atoms. The molecular formula is C12H26N2. The lowest BCUT2D eigenvalue weighted by molar-refractivity contribution is 0.270. The number of likely N-dealkylation sites (N-methyl/N-ethyl adjacent to an activating group) is 1. The highest BCUT2D eigenvalue weighted by atomic mass is 15.2. The van der Waals surface area contributed by atoms with Crippen molar-refractivity contribution in [3.8, 4) is 0 Å². The molecule has 1 unspecified atom stereocenters. The minimum absolute atomic E-state index is 0.869. The van der Waals surface area contributed by atoms with E-state index in [9.17, 15) is 0 Å². The van der Waals surface area contributed by atoms with Gasteiger partial charge in [0.15, 0.2) is 0 Å². The summed E-state index contributed by atoms with van der Waals surface area (Å²) in [6.45, 7) is 9.79. The van der Waals surface area contributed by atoms with Crippen molar-refractivity contribution < 1.29 is 0 Å². The standard InChI is InChI=1S/C12H26N2/c1-11(2)9-12-5-6-14(10-12)8-7-13(3)4/h11-12H,5-10H2,1-4H3. The van der Waals surface area contributed by atoms with Crippen LogP contribution in [0.5, 0.6) is 0 Å². The molecule has 0 radical (unpaired) electrons. The highest BCUT2D eigenvalue weighted by Crippen LogP contribution is 2.22. The molecule has 1 aliphatic rings. The first-order chi connectivity index (χ1) is 6.58. The van der Waals surface area contributed by atoms with Gasteiger partial charge in [-0.2, -0.15) is 0 Å². The van der Waals surface area contributed by atoms with E-state index in [0.717, 1.165) is 11.8 Å². The van der Waals surface area contributed by atoms with E-state index in [1.54, 1.807) is 0 Å². The summed E-state index contributed by atoms with van der Waals surface area (Å²) >= 11 is 0. The Labute approximate surface area is 89.3 Å². The molecule has 2 nitrogen and oxygen atoms in total. The third kappa shape index (κ3) is 4.43. The molecule has 84 valence electrons. The van der Waals surface area contributed by atoms with Crippen LogP contribution in [-0.2, 0) is 0 Å². The zero-order valence-electron chi connectivity index (χ0n) is 10.3. The van der Waals surface area contributed by atoms with Crippen LogP contribution in [0, 0.1) is 11.8 Å². The highest BCUT2D eigenvalue weighted by molar-refractivity contribution is 4.76. The average Bonchev–Trinajstić information content (AvgIpc) is 2.47. The van der Waals surface area contributed by atoms with Gasteiger partial charge in [-0.15, -0.1) is 0 Å². The zero-order chi connectivity index (χ0) is 10.6. The van der Waals surface area contributed by atoms with Gasteiger partial charge in [0, 0.05) is 19.6 Å².